The van der Waals surface area contributed by atoms with Gasteiger partial charge in [0.05, 0.1) is 24.9 Å². The second-order valence-electron chi connectivity index (χ2n) is 5.31. The number of ether oxygens (including phenoxy) is 1. The van der Waals surface area contributed by atoms with E-state index < -0.39 is 12.1 Å². The second-order valence-corrected chi connectivity index (χ2v) is 5.31. The summed E-state index contributed by atoms with van der Waals surface area (Å²) in [5.41, 5.74) is 1.12. The molecular formula is C13H21N3O3. The zero-order valence-corrected chi connectivity index (χ0v) is 11.7. The van der Waals surface area contributed by atoms with Crippen LogP contribution < -0.4 is 0 Å². The van der Waals surface area contributed by atoms with E-state index in [-0.39, 0.29) is 5.92 Å². The first-order valence-electron chi connectivity index (χ1n) is 6.83. The summed E-state index contributed by atoms with van der Waals surface area (Å²) in [6, 6.07) is 0. The third kappa shape index (κ3) is 3.12. The Morgan fingerprint density at radius 2 is 2.21 bits per heavy atom. The molecule has 1 N–H and O–H groups in total. The molecule has 0 bridgehead atoms. The normalized spacial score (nSPS) is 16.7. The van der Waals surface area contributed by atoms with Crippen molar-refractivity contribution in [2.45, 2.75) is 52.2 Å². The molecule has 1 unspecified atom stereocenters. The van der Waals surface area contributed by atoms with Gasteiger partial charge in [-0.3, -0.25) is 0 Å². The zero-order valence-electron chi connectivity index (χ0n) is 11.7. The van der Waals surface area contributed by atoms with Gasteiger partial charge in [0.15, 0.2) is 5.69 Å². The molecule has 1 heterocycles. The van der Waals surface area contributed by atoms with Crippen LogP contribution in [0.4, 0.5) is 0 Å². The number of carbonyl (C=O) groups is 1. The van der Waals surface area contributed by atoms with E-state index in [0.29, 0.717) is 24.8 Å². The van der Waals surface area contributed by atoms with Crippen LogP contribution in [-0.4, -0.2) is 38.8 Å². The first-order chi connectivity index (χ1) is 9.04. The summed E-state index contributed by atoms with van der Waals surface area (Å²) in [4.78, 5) is 11.8. The largest absolute Gasteiger partial charge is 0.461 e. The third-order valence-corrected chi connectivity index (χ3v) is 3.34. The van der Waals surface area contributed by atoms with Gasteiger partial charge in [0.25, 0.3) is 0 Å². The van der Waals surface area contributed by atoms with Gasteiger partial charge in [-0.2, -0.15) is 0 Å². The predicted molar refractivity (Wildman–Crippen MR) is 68.8 cm³/mol. The third-order valence-electron chi connectivity index (χ3n) is 3.34. The van der Waals surface area contributed by atoms with Gasteiger partial charge >= 0.3 is 5.97 Å². The molecule has 0 saturated heterocycles. The van der Waals surface area contributed by atoms with Gasteiger partial charge in [-0.05, 0) is 25.7 Å². The van der Waals surface area contributed by atoms with Crippen LogP contribution in [-0.2, 0) is 11.3 Å². The summed E-state index contributed by atoms with van der Waals surface area (Å²) in [5, 5.41) is 17.9. The molecule has 0 radical (unpaired) electrons. The highest BCUT2D eigenvalue weighted by Crippen LogP contribution is 2.41. The molecule has 19 heavy (non-hydrogen) atoms. The number of aliphatic hydroxyl groups is 1. The smallest absolute Gasteiger partial charge is 0.360 e. The molecule has 1 aliphatic carbocycles. The van der Waals surface area contributed by atoms with E-state index in [1.807, 2.05) is 13.8 Å². The maximum atomic E-state index is 11.8. The highest BCUT2D eigenvalue weighted by atomic mass is 16.5. The average molecular weight is 267 g/mol. The molecule has 0 amide bonds. The van der Waals surface area contributed by atoms with Crippen LogP contribution in [0.3, 0.4) is 0 Å². The number of aliphatic hydroxyl groups excluding tert-OH is 1. The topological polar surface area (TPSA) is 77.2 Å². The van der Waals surface area contributed by atoms with Crippen LogP contribution in [0.5, 0.6) is 0 Å². The lowest BCUT2D eigenvalue weighted by Gasteiger charge is -2.15. The summed E-state index contributed by atoms with van der Waals surface area (Å²) < 4.78 is 6.66. The van der Waals surface area contributed by atoms with Crippen LogP contribution >= 0.6 is 0 Å². The lowest BCUT2D eigenvalue weighted by molar-refractivity contribution is 0.0517. The fourth-order valence-electron chi connectivity index (χ4n) is 1.95. The fraction of sp³-hybridized carbons (Fsp3) is 0.769. The summed E-state index contributed by atoms with van der Waals surface area (Å²) in [5.74, 6) is 0.0470. The monoisotopic (exact) mass is 267 g/mol. The Labute approximate surface area is 112 Å². The van der Waals surface area contributed by atoms with Crippen LogP contribution in [0.15, 0.2) is 0 Å². The van der Waals surface area contributed by atoms with Crippen LogP contribution in [0.1, 0.15) is 55.7 Å². The maximum Gasteiger partial charge on any atom is 0.360 e. The number of nitrogens with zero attached hydrogens (tertiary/aromatic N) is 3. The maximum absolute atomic E-state index is 11.8. The molecule has 1 atom stereocenters. The quantitative estimate of drug-likeness (QED) is 0.787. The molecule has 1 fully saturated rings. The van der Waals surface area contributed by atoms with Crippen LogP contribution in [0, 0.1) is 5.92 Å². The Kier molecular flexibility index (Phi) is 4.19. The summed E-state index contributed by atoms with van der Waals surface area (Å²) in [6.45, 7) is 6.36. The molecular weight excluding hydrogens is 246 g/mol. The van der Waals surface area contributed by atoms with Crippen molar-refractivity contribution in [3.8, 4) is 0 Å². The molecule has 6 heteroatoms. The minimum atomic E-state index is -0.491. The van der Waals surface area contributed by atoms with Gasteiger partial charge in [-0.15, -0.1) is 5.10 Å². The second kappa shape index (κ2) is 5.69. The first-order valence-corrected chi connectivity index (χ1v) is 6.83. The predicted octanol–water partition coefficient (Wildman–Crippen LogP) is 1.35. The van der Waals surface area contributed by atoms with Crippen molar-refractivity contribution in [2.24, 2.45) is 5.92 Å². The Hall–Kier alpha value is -1.43. The summed E-state index contributed by atoms with van der Waals surface area (Å²) in [7, 11) is 0. The lowest BCUT2D eigenvalue weighted by Crippen LogP contribution is -2.24. The summed E-state index contributed by atoms with van der Waals surface area (Å²) in [6.07, 6.45) is 1.59. The van der Waals surface area contributed by atoms with Crippen molar-refractivity contribution in [2.75, 3.05) is 6.61 Å². The van der Waals surface area contributed by atoms with Gasteiger partial charge in [0, 0.05) is 5.92 Å². The van der Waals surface area contributed by atoms with Gasteiger partial charge in [0.1, 0.15) is 0 Å². The lowest BCUT2D eigenvalue weighted by atomic mass is 10.1. The Morgan fingerprint density at radius 1 is 1.53 bits per heavy atom. The number of carbonyl (C=O) groups excluding carboxylic acids is 1. The Bertz CT molecular complexity index is 452. The Balaban J connectivity index is 2.22. The highest BCUT2D eigenvalue weighted by molar-refractivity contribution is 5.88. The molecule has 0 aliphatic heterocycles. The van der Waals surface area contributed by atoms with Crippen molar-refractivity contribution in [1.29, 1.82) is 0 Å². The molecule has 1 aliphatic rings. The van der Waals surface area contributed by atoms with Crippen molar-refractivity contribution >= 4 is 5.97 Å². The molecule has 6 nitrogen and oxygen atoms in total. The van der Waals surface area contributed by atoms with Crippen LogP contribution in [0.2, 0.25) is 0 Å². The van der Waals surface area contributed by atoms with E-state index in [0.717, 1.165) is 18.5 Å². The molecule has 2 rings (SSSR count). The van der Waals surface area contributed by atoms with Crippen molar-refractivity contribution < 1.29 is 14.6 Å². The van der Waals surface area contributed by atoms with Crippen molar-refractivity contribution in [3.63, 3.8) is 0 Å². The van der Waals surface area contributed by atoms with Crippen molar-refractivity contribution in [1.82, 2.24) is 15.0 Å². The van der Waals surface area contributed by atoms with E-state index in [1.54, 1.807) is 11.6 Å². The Morgan fingerprint density at radius 3 is 2.74 bits per heavy atom. The SMILES string of the molecule is CCOC(=O)c1nnn(CC(O)C(C)C)c1C1CC1. The van der Waals surface area contributed by atoms with Gasteiger partial charge in [-0.25, -0.2) is 9.48 Å². The van der Waals surface area contributed by atoms with E-state index in [1.165, 1.54) is 0 Å². The van der Waals surface area contributed by atoms with Crippen molar-refractivity contribution in [3.05, 3.63) is 11.4 Å². The number of hydrogen-bond acceptors (Lipinski definition) is 5. The summed E-state index contributed by atoms with van der Waals surface area (Å²) >= 11 is 0. The van der Waals surface area contributed by atoms with E-state index in [9.17, 15) is 9.90 Å². The molecule has 1 saturated carbocycles. The average Bonchev–Trinajstić information content (AvgIpc) is 3.11. The van der Waals surface area contributed by atoms with E-state index in [4.69, 9.17) is 4.74 Å². The first kappa shape index (κ1) is 14.0. The fourth-order valence-corrected chi connectivity index (χ4v) is 1.95. The van der Waals surface area contributed by atoms with E-state index in [2.05, 4.69) is 10.3 Å². The van der Waals surface area contributed by atoms with Gasteiger partial charge < -0.3 is 9.84 Å². The zero-order chi connectivity index (χ0) is 14.0. The number of esters is 1. The molecule has 1 aromatic rings. The van der Waals surface area contributed by atoms with Gasteiger partial charge in [-0.1, -0.05) is 19.1 Å². The molecule has 0 spiro atoms. The minimum Gasteiger partial charge on any atom is -0.461 e. The minimum absolute atomic E-state index is 0.141. The highest BCUT2D eigenvalue weighted by Gasteiger charge is 2.34. The molecule has 106 valence electrons. The standard InChI is InChI=1S/C13H21N3O3/c1-4-19-13(18)11-12(9-5-6-9)16(15-14-11)7-10(17)8(2)3/h8-10,17H,4-7H2,1-3H3. The number of rotatable bonds is 6. The molecule has 0 aromatic carbocycles. The van der Waals surface area contributed by atoms with Gasteiger partial charge in [0.2, 0.25) is 0 Å². The van der Waals surface area contributed by atoms with E-state index >= 15 is 0 Å². The molecule has 1 aromatic heterocycles. The number of hydrogen-bond donors (Lipinski definition) is 1. The number of aromatic nitrogens is 3. The van der Waals surface area contributed by atoms with Crippen LogP contribution in [0.25, 0.3) is 0 Å².